The first-order valence-corrected chi connectivity index (χ1v) is 14.5. The fraction of sp³-hybridized carbons (Fsp3) is 0.233. The van der Waals surface area contributed by atoms with Crippen LogP contribution in [-0.2, 0) is 12.3 Å². The van der Waals surface area contributed by atoms with E-state index in [4.69, 9.17) is 28.2 Å². The zero-order chi connectivity index (χ0) is 27.2. The Labute approximate surface area is 243 Å². The summed E-state index contributed by atoms with van der Waals surface area (Å²) in [6.07, 6.45) is 0. The van der Waals surface area contributed by atoms with Gasteiger partial charge in [-0.15, -0.1) is 0 Å². The topological polar surface area (TPSA) is 52.6 Å². The highest BCUT2D eigenvalue weighted by Crippen LogP contribution is 2.27. The molecule has 1 aliphatic rings. The highest BCUT2D eigenvalue weighted by atomic mass is 35.5. The second kappa shape index (κ2) is 12.7. The van der Waals surface area contributed by atoms with Crippen molar-refractivity contribution in [1.82, 2.24) is 14.9 Å². The molecule has 0 radical (unpaired) electrons. The molecule has 0 saturated carbocycles. The van der Waals surface area contributed by atoms with E-state index in [1.165, 1.54) is 17.3 Å². The van der Waals surface area contributed by atoms with E-state index >= 15 is 0 Å². The number of benzene rings is 3. The smallest absolute Gasteiger partial charge is 0.253 e. The molecule has 39 heavy (non-hydrogen) atoms. The maximum Gasteiger partial charge on any atom is 0.253 e. The predicted octanol–water partition coefficient (Wildman–Crippen LogP) is 6.67. The molecule has 1 aromatic heterocycles. The first-order chi connectivity index (χ1) is 19.0. The van der Waals surface area contributed by atoms with Crippen LogP contribution in [0, 0.1) is 0 Å². The fourth-order valence-electron chi connectivity index (χ4n) is 4.57. The van der Waals surface area contributed by atoms with Crippen molar-refractivity contribution >= 4 is 52.4 Å². The van der Waals surface area contributed by atoms with Gasteiger partial charge in [0.1, 0.15) is 11.0 Å². The molecule has 0 unspecified atom stereocenters. The number of amides is 1. The van der Waals surface area contributed by atoms with Gasteiger partial charge >= 0.3 is 0 Å². The SMILES string of the molecule is CN(Cc1ccccc1)c1cc(Cl)nc(SCc2cccc(C(=O)N3CCN(c4ccccc4Cl)CC3)c2)n1. The van der Waals surface area contributed by atoms with Gasteiger partial charge < -0.3 is 14.7 Å². The average Bonchev–Trinajstić information content (AvgIpc) is 2.96. The number of nitrogens with zero attached hydrogens (tertiary/aromatic N) is 5. The standard InChI is InChI=1S/C30H29Cl2N5OS/c1-35(20-22-8-3-2-4-9-22)28-19-27(32)33-30(34-28)39-21-23-10-7-11-24(18-23)29(38)37-16-14-36(15-17-37)26-13-6-5-12-25(26)31/h2-13,18-19H,14-17,20-21H2,1H3. The molecular formula is C30H29Cl2N5OS. The predicted molar refractivity (Wildman–Crippen MR) is 161 cm³/mol. The van der Waals surface area contributed by atoms with Gasteiger partial charge in [-0.3, -0.25) is 4.79 Å². The average molecular weight is 579 g/mol. The number of piperazine rings is 1. The second-order valence-corrected chi connectivity index (χ2v) is 11.1. The molecule has 1 saturated heterocycles. The summed E-state index contributed by atoms with van der Waals surface area (Å²) in [6, 6.07) is 27.6. The number of carbonyl (C=O) groups is 1. The third-order valence-electron chi connectivity index (χ3n) is 6.62. The van der Waals surface area contributed by atoms with Crippen LogP contribution in [0.2, 0.25) is 10.2 Å². The Morgan fingerprint density at radius 2 is 1.59 bits per heavy atom. The van der Waals surface area contributed by atoms with Gasteiger partial charge in [0, 0.05) is 57.2 Å². The van der Waals surface area contributed by atoms with Crippen LogP contribution >= 0.6 is 35.0 Å². The number of halogens is 2. The highest BCUT2D eigenvalue weighted by Gasteiger charge is 2.23. The van der Waals surface area contributed by atoms with Crippen LogP contribution in [0.15, 0.2) is 90.1 Å². The first-order valence-electron chi connectivity index (χ1n) is 12.8. The van der Waals surface area contributed by atoms with Crippen molar-refractivity contribution in [3.05, 3.63) is 112 Å². The Bertz CT molecular complexity index is 1430. The Morgan fingerprint density at radius 3 is 2.36 bits per heavy atom. The van der Waals surface area contributed by atoms with Crippen molar-refractivity contribution in [3.8, 4) is 0 Å². The molecule has 6 nitrogen and oxygen atoms in total. The third kappa shape index (κ3) is 7.04. The summed E-state index contributed by atoms with van der Waals surface area (Å²) in [5.74, 6) is 1.44. The van der Waals surface area contributed by atoms with E-state index in [0.717, 1.165) is 41.7 Å². The van der Waals surface area contributed by atoms with Crippen molar-refractivity contribution in [2.75, 3.05) is 43.0 Å². The third-order valence-corrected chi connectivity index (χ3v) is 8.05. The van der Waals surface area contributed by atoms with E-state index in [1.807, 2.05) is 78.7 Å². The molecule has 3 aromatic carbocycles. The maximum absolute atomic E-state index is 13.3. The zero-order valence-corrected chi connectivity index (χ0v) is 24.0. The Morgan fingerprint density at radius 1 is 0.872 bits per heavy atom. The van der Waals surface area contributed by atoms with Gasteiger partial charge in [-0.25, -0.2) is 9.97 Å². The second-order valence-electron chi connectivity index (χ2n) is 9.39. The van der Waals surface area contributed by atoms with Crippen molar-refractivity contribution in [2.45, 2.75) is 17.5 Å². The van der Waals surface area contributed by atoms with Gasteiger partial charge in [0.25, 0.3) is 5.91 Å². The van der Waals surface area contributed by atoms with E-state index in [-0.39, 0.29) is 5.91 Å². The minimum absolute atomic E-state index is 0.0458. The summed E-state index contributed by atoms with van der Waals surface area (Å²) in [7, 11) is 1.99. The molecule has 1 aliphatic heterocycles. The monoisotopic (exact) mass is 577 g/mol. The Balaban J connectivity index is 1.19. The molecule has 9 heteroatoms. The van der Waals surface area contributed by atoms with Gasteiger partial charge in [0.15, 0.2) is 5.16 Å². The molecule has 5 rings (SSSR count). The summed E-state index contributed by atoms with van der Waals surface area (Å²) in [6.45, 7) is 3.52. The highest BCUT2D eigenvalue weighted by molar-refractivity contribution is 7.98. The Hall–Kier alpha value is -3.26. The molecule has 0 aliphatic carbocycles. The van der Waals surface area contributed by atoms with Gasteiger partial charge in [-0.05, 0) is 35.4 Å². The summed E-state index contributed by atoms with van der Waals surface area (Å²) >= 11 is 14.2. The van der Waals surface area contributed by atoms with Gasteiger partial charge in [-0.1, -0.05) is 89.6 Å². The van der Waals surface area contributed by atoms with Crippen molar-refractivity contribution in [3.63, 3.8) is 0 Å². The van der Waals surface area contributed by atoms with Crippen LogP contribution in [0.25, 0.3) is 0 Å². The summed E-state index contributed by atoms with van der Waals surface area (Å²) in [4.78, 5) is 28.6. The lowest BCUT2D eigenvalue weighted by Crippen LogP contribution is -2.48. The van der Waals surface area contributed by atoms with Gasteiger partial charge in [-0.2, -0.15) is 0 Å². The van der Waals surface area contributed by atoms with E-state index < -0.39 is 0 Å². The minimum Gasteiger partial charge on any atom is -0.367 e. The van der Waals surface area contributed by atoms with Gasteiger partial charge in [0.2, 0.25) is 0 Å². The van der Waals surface area contributed by atoms with Crippen molar-refractivity contribution in [2.24, 2.45) is 0 Å². The number of hydrogen-bond donors (Lipinski definition) is 0. The van der Waals surface area contributed by atoms with Crippen LogP contribution in [-0.4, -0.2) is 54.0 Å². The number of para-hydroxylation sites is 1. The lowest BCUT2D eigenvalue weighted by atomic mass is 10.1. The lowest BCUT2D eigenvalue weighted by molar-refractivity contribution is 0.0746. The summed E-state index contributed by atoms with van der Waals surface area (Å²) in [5, 5.41) is 1.74. The molecule has 1 fully saturated rings. The molecule has 2 heterocycles. The molecule has 1 amide bonds. The zero-order valence-electron chi connectivity index (χ0n) is 21.6. The van der Waals surface area contributed by atoms with Gasteiger partial charge in [0.05, 0.1) is 10.7 Å². The Kier molecular flexibility index (Phi) is 8.91. The van der Waals surface area contributed by atoms with E-state index in [2.05, 4.69) is 26.9 Å². The quantitative estimate of drug-likeness (QED) is 0.132. The van der Waals surface area contributed by atoms with Crippen LogP contribution < -0.4 is 9.80 Å². The largest absolute Gasteiger partial charge is 0.367 e. The lowest BCUT2D eigenvalue weighted by Gasteiger charge is -2.36. The van der Waals surface area contributed by atoms with E-state index in [1.54, 1.807) is 6.07 Å². The first kappa shape index (κ1) is 27.3. The number of rotatable bonds is 8. The molecule has 200 valence electrons. The molecule has 0 spiro atoms. The normalized spacial score (nSPS) is 13.4. The minimum atomic E-state index is 0.0458. The fourth-order valence-corrected chi connectivity index (χ4v) is 5.85. The van der Waals surface area contributed by atoms with Crippen molar-refractivity contribution < 1.29 is 4.79 Å². The summed E-state index contributed by atoms with van der Waals surface area (Å²) < 4.78 is 0. The molecule has 0 bridgehead atoms. The number of anilines is 2. The van der Waals surface area contributed by atoms with Crippen molar-refractivity contribution in [1.29, 1.82) is 0 Å². The number of aromatic nitrogens is 2. The molecule has 0 atom stereocenters. The van der Waals surface area contributed by atoms with Crippen LogP contribution in [0.1, 0.15) is 21.5 Å². The molecule has 0 N–H and O–H groups in total. The number of carbonyl (C=O) groups excluding carboxylic acids is 1. The summed E-state index contributed by atoms with van der Waals surface area (Å²) in [5.41, 5.74) is 3.93. The van der Waals surface area contributed by atoms with Crippen LogP contribution in [0.4, 0.5) is 11.5 Å². The molecule has 4 aromatic rings. The number of hydrogen-bond acceptors (Lipinski definition) is 6. The van der Waals surface area contributed by atoms with E-state index in [9.17, 15) is 4.79 Å². The maximum atomic E-state index is 13.3. The molecular weight excluding hydrogens is 549 g/mol. The van der Waals surface area contributed by atoms with Crippen LogP contribution in [0.3, 0.4) is 0 Å². The number of thioether (sulfide) groups is 1. The van der Waals surface area contributed by atoms with Crippen LogP contribution in [0.5, 0.6) is 0 Å². The van der Waals surface area contributed by atoms with E-state index in [0.29, 0.717) is 34.7 Å².